The van der Waals surface area contributed by atoms with Crippen LogP contribution in [0, 0.1) is 40.2 Å². The zero-order valence-electron chi connectivity index (χ0n) is 14.1. The number of anilines is 3. The van der Waals surface area contributed by atoms with Crippen LogP contribution in [0.4, 0.5) is 30.5 Å². The summed E-state index contributed by atoms with van der Waals surface area (Å²) >= 11 is 0. The molecule has 6 N–H and O–H groups in total. The number of ether oxygens (including phenoxy) is 1. The van der Waals surface area contributed by atoms with Crippen molar-refractivity contribution < 1.29 is 17.9 Å². The summed E-state index contributed by atoms with van der Waals surface area (Å²) in [6.07, 6.45) is 1.59. The minimum atomic E-state index is -1.51. The van der Waals surface area contributed by atoms with E-state index in [0.29, 0.717) is 6.07 Å². The fourth-order valence-electron chi connectivity index (χ4n) is 2.81. The SMILES string of the molecule is COc1c(F)cc(F)c(C2N=C(NC#N)Nc3nc(N)c(C#N)c(N)c32)c1F. The number of halogens is 3. The van der Waals surface area contributed by atoms with Crippen molar-refractivity contribution in [3.8, 4) is 18.0 Å². The molecule has 9 nitrogen and oxygen atoms in total. The fraction of sp³-hybridized carbons (Fsp3) is 0.125. The van der Waals surface area contributed by atoms with E-state index in [9.17, 15) is 18.4 Å². The van der Waals surface area contributed by atoms with Gasteiger partial charge in [0.1, 0.15) is 35.1 Å². The Morgan fingerprint density at radius 3 is 2.54 bits per heavy atom. The Morgan fingerprint density at radius 2 is 1.93 bits per heavy atom. The molecule has 0 spiro atoms. The predicted molar refractivity (Wildman–Crippen MR) is 92.3 cm³/mol. The highest BCUT2D eigenvalue weighted by molar-refractivity contribution is 5.98. The normalized spacial score (nSPS) is 14.8. The quantitative estimate of drug-likeness (QED) is 0.445. The number of fused-ring (bicyclic) bond motifs is 1. The number of nitrogens with zero attached hydrogens (tertiary/aromatic N) is 4. The lowest BCUT2D eigenvalue weighted by Crippen LogP contribution is -2.33. The van der Waals surface area contributed by atoms with Crippen LogP contribution in [0.5, 0.6) is 5.75 Å². The second-order valence-electron chi connectivity index (χ2n) is 5.50. The van der Waals surface area contributed by atoms with E-state index in [1.54, 1.807) is 12.3 Å². The molecule has 0 bridgehead atoms. The zero-order valence-corrected chi connectivity index (χ0v) is 14.1. The monoisotopic (exact) mass is 388 g/mol. The number of nitrogens with two attached hydrogens (primary N) is 2. The molecule has 0 amide bonds. The number of benzene rings is 1. The van der Waals surface area contributed by atoms with Crippen molar-refractivity contribution in [3.63, 3.8) is 0 Å². The third-order valence-corrected chi connectivity index (χ3v) is 4.00. The van der Waals surface area contributed by atoms with Crippen LogP contribution in [0.25, 0.3) is 0 Å². The molecule has 12 heteroatoms. The fourth-order valence-corrected chi connectivity index (χ4v) is 2.81. The summed E-state index contributed by atoms with van der Waals surface area (Å²) in [6.45, 7) is 0. The van der Waals surface area contributed by atoms with Crippen molar-refractivity contribution in [1.29, 1.82) is 10.5 Å². The molecular weight excluding hydrogens is 377 g/mol. The molecule has 142 valence electrons. The average Bonchev–Trinajstić information content (AvgIpc) is 2.61. The van der Waals surface area contributed by atoms with E-state index >= 15 is 0 Å². The van der Waals surface area contributed by atoms with E-state index < -0.39 is 34.8 Å². The van der Waals surface area contributed by atoms with Gasteiger partial charge in [-0.2, -0.15) is 10.5 Å². The molecule has 0 saturated carbocycles. The Balaban J connectivity index is 2.37. The van der Waals surface area contributed by atoms with Gasteiger partial charge in [-0.15, -0.1) is 0 Å². The lowest BCUT2D eigenvalue weighted by Gasteiger charge is -2.27. The zero-order chi connectivity index (χ0) is 20.6. The van der Waals surface area contributed by atoms with Gasteiger partial charge in [-0.25, -0.2) is 23.1 Å². The smallest absolute Gasteiger partial charge is 0.211 e. The molecule has 0 radical (unpaired) electrons. The summed E-state index contributed by atoms with van der Waals surface area (Å²) in [5, 5.41) is 22.8. The van der Waals surface area contributed by atoms with Crippen LogP contribution < -0.4 is 26.8 Å². The van der Waals surface area contributed by atoms with E-state index in [2.05, 4.69) is 25.3 Å². The standard InChI is InChI=1S/C16H11F3N8O/c1-28-13-7(18)2-6(17)8(10(13)19)12-9-11(22)5(3-20)14(23)26-15(9)27-16(25-12)24-4-21/h2,12H,1H3,(H6,22,23,24,25,26,27). The number of rotatable bonds is 2. The van der Waals surface area contributed by atoms with E-state index in [0.717, 1.165) is 7.11 Å². The van der Waals surface area contributed by atoms with Crippen LogP contribution in [0.3, 0.4) is 0 Å². The molecule has 2 aromatic rings. The van der Waals surface area contributed by atoms with Gasteiger partial charge in [0, 0.05) is 11.6 Å². The van der Waals surface area contributed by atoms with Crippen molar-refractivity contribution in [2.75, 3.05) is 23.9 Å². The van der Waals surface area contributed by atoms with Crippen LogP contribution in [-0.4, -0.2) is 18.1 Å². The maximum atomic E-state index is 14.8. The highest BCUT2D eigenvalue weighted by atomic mass is 19.1. The first kappa shape index (κ1) is 18.6. The van der Waals surface area contributed by atoms with Crippen molar-refractivity contribution in [2.24, 2.45) is 4.99 Å². The minimum Gasteiger partial charge on any atom is -0.491 e. The molecule has 0 saturated heterocycles. The maximum absolute atomic E-state index is 14.8. The molecule has 1 aliphatic heterocycles. The van der Waals surface area contributed by atoms with Crippen LogP contribution in [0.2, 0.25) is 0 Å². The second kappa shape index (κ2) is 6.85. The summed E-state index contributed by atoms with van der Waals surface area (Å²) in [4.78, 5) is 7.98. The molecule has 1 aromatic heterocycles. The molecule has 0 aliphatic carbocycles. The summed E-state index contributed by atoms with van der Waals surface area (Å²) in [7, 11) is 1.01. The number of nitrogens with one attached hydrogen (secondary N) is 2. The number of nitrogen functional groups attached to an aromatic ring is 2. The van der Waals surface area contributed by atoms with Gasteiger partial charge in [-0.3, -0.25) is 5.32 Å². The summed E-state index contributed by atoms with van der Waals surface area (Å²) < 4.78 is 47.8. The number of hydrogen-bond acceptors (Lipinski definition) is 9. The molecule has 28 heavy (non-hydrogen) atoms. The van der Waals surface area contributed by atoms with Gasteiger partial charge in [-0.1, -0.05) is 0 Å². The maximum Gasteiger partial charge on any atom is 0.211 e. The number of nitriles is 2. The van der Waals surface area contributed by atoms with Gasteiger partial charge >= 0.3 is 0 Å². The Bertz CT molecular complexity index is 1100. The highest BCUT2D eigenvalue weighted by Gasteiger charge is 2.35. The molecule has 0 fully saturated rings. The summed E-state index contributed by atoms with van der Waals surface area (Å²) in [5.74, 6) is -5.23. The van der Waals surface area contributed by atoms with E-state index in [1.165, 1.54) is 0 Å². The topological polar surface area (TPSA) is 158 Å². The number of methoxy groups -OCH3 is 1. The van der Waals surface area contributed by atoms with Gasteiger partial charge < -0.3 is 21.5 Å². The molecule has 1 aliphatic rings. The molecule has 1 unspecified atom stereocenters. The van der Waals surface area contributed by atoms with Gasteiger partial charge in [-0.05, 0) is 0 Å². The van der Waals surface area contributed by atoms with Crippen LogP contribution in [0.1, 0.15) is 22.7 Å². The Hall–Kier alpha value is -4.19. The Morgan fingerprint density at radius 1 is 1.21 bits per heavy atom. The van der Waals surface area contributed by atoms with Crippen LogP contribution in [0.15, 0.2) is 11.1 Å². The first-order valence-corrected chi connectivity index (χ1v) is 7.54. The number of aromatic nitrogens is 1. The lowest BCUT2D eigenvalue weighted by molar-refractivity contribution is 0.351. The Kier molecular flexibility index (Phi) is 4.55. The third kappa shape index (κ3) is 2.73. The van der Waals surface area contributed by atoms with Gasteiger partial charge in [0.2, 0.25) is 5.96 Å². The van der Waals surface area contributed by atoms with Crippen LogP contribution in [-0.2, 0) is 0 Å². The van der Waals surface area contributed by atoms with Gasteiger partial charge in [0.15, 0.2) is 23.6 Å². The van der Waals surface area contributed by atoms with E-state index in [4.69, 9.17) is 16.7 Å². The Labute approximate surface area is 156 Å². The number of pyridine rings is 1. The van der Waals surface area contributed by atoms with Gasteiger partial charge in [0.05, 0.1) is 18.4 Å². The van der Waals surface area contributed by atoms with E-state index in [1.807, 2.05) is 0 Å². The van der Waals surface area contributed by atoms with Crippen LogP contribution >= 0.6 is 0 Å². The first-order chi connectivity index (χ1) is 13.3. The molecule has 1 atom stereocenters. The predicted octanol–water partition coefficient (Wildman–Crippen LogP) is 1.49. The number of aliphatic imine (C=N–C) groups is 1. The molecule has 1 aromatic carbocycles. The minimum absolute atomic E-state index is 0.0688. The molecule has 2 heterocycles. The average molecular weight is 388 g/mol. The van der Waals surface area contributed by atoms with Crippen molar-refractivity contribution in [2.45, 2.75) is 6.04 Å². The molecule has 3 rings (SSSR count). The summed E-state index contributed by atoms with van der Waals surface area (Å²) in [6, 6.07) is 0.670. The molecular formula is C16H11F3N8O. The number of hydrogen-bond donors (Lipinski definition) is 4. The highest BCUT2D eigenvalue weighted by Crippen LogP contribution is 2.43. The summed E-state index contributed by atoms with van der Waals surface area (Å²) in [5.41, 5.74) is 10.5. The van der Waals surface area contributed by atoms with Gasteiger partial charge in [0.25, 0.3) is 0 Å². The second-order valence-corrected chi connectivity index (χ2v) is 5.50. The van der Waals surface area contributed by atoms with Crippen molar-refractivity contribution in [3.05, 3.63) is 40.2 Å². The largest absolute Gasteiger partial charge is 0.491 e. The first-order valence-electron chi connectivity index (χ1n) is 7.54. The number of guanidine groups is 1. The third-order valence-electron chi connectivity index (χ3n) is 4.00. The lowest BCUT2D eigenvalue weighted by atomic mass is 9.94. The van der Waals surface area contributed by atoms with Crippen molar-refractivity contribution >= 4 is 23.3 Å². The van der Waals surface area contributed by atoms with Crippen molar-refractivity contribution in [1.82, 2.24) is 10.3 Å². The van der Waals surface area contributed by atoms with E-state index in [-0.39, 0.29) is 34.4 Å².